The summed E-state index contributed by atoms with van der Waals surface area (Å²) in [5.41, 5.74) is 5.21. The van der Waals surface area contributed by atoms with Crippen molar-refractivity contribution in [2.24, 2.45) is 0 Å². The van der Waals surface area contributed by atoms with Gasteiger partial charge in [-0.25, -0.2) is 18.3 Å². The van der Waals surface area contributed by atoms with Gasteiger partial charge < -0.3 is 10.8 Å². The quantitative estimate of drug-likeness (QED) is 0.881. The van der Waals surface area contributed by atoms with Gasteiger partial charge in [0.05, 0.1) is 6.54 Å². The second kappa shape index (κ2) is 4.97. The second-order valence-electron chi connectivity index (χ2n) is 3.93. The summed E-state index contributed by atoms with van der Waals surface area (Å²) in [6, 6.07) is 4.85. The Bertz CT molecular complexity index is 734. The Balaban J connectivity index is 2.41. The maximum absolute atomic E-state index is 13.1. The van der Waals surface area contributed by atoms with E-state index < -0.39 is 23.3 Å². The first-order valence-corrected chi connectivity index (χ1v) is 5.37. The third-order valence-electron chi connectivity index (χ3n) is 2.62. The van der Waals surface area contributed by atoms with Crippen LogP contribution in [0.25, 0.3) is 0 Å². The van der Waals surface area contributed by atoms with Crippen molar-refractivity contribution in [3.63, 3.8) is 0 Å². The number of nitriles is 1. The summed E-state index contributed by atoms with van der Waals surface area (Å²) < 4.78 is 26.9. The van der Waals surface area contributed by atoms with Crippen LogP contribution in [0.1, 0.15) is 21.6 Å². The lowest BCUT2D eigenvalue weighted by molar-refractivity contribution is 0.0689. The van der Waals surface area contributed by atoms with Gasteiger partial charge in [-0.3, -0.25) is 0 Å². The number of carboxylic acids is 1. The van der Waals surface area contributed by atoms with Gasteiger partial charge in [-0.2, -0.15) is 10.4 Å². The standard InChI is InChI=1S/C12H8F2N4O2/c13-8-2-1-6(3-9(8)14)5-18-11(16)7(4-15)10(17-18)12(19)20/h1-3H,5,16H2,(H,19,20). The summed E-state index contributed by atoms with van der Waals surface area (Å²) >= 11 is 0. The molecule has 0 aliphatic carbocycles. The highest BCUT2D eigenvalue weighted by atomic mass is 19.2. The molecule has 0 aliphatic rings. The fourth-order valence-corrected chi connectivity index (χ4v) is 1.67. The highest BCUT2D eigenvalue weighted by Crippen LogP contribution is 2.18. The molecule has 20 heavy (non-hydrogen) atoms. The molecule has 0 saturated carbocycles. The predicted molar refractivity (Wildman–Crippen MR) is 63.8 cm³/mol. The lowest BCUT2D eigenvalue weighted by Crippen LogP contribution is -2.07. The number of aromatic carboxylic acids is 1. The molecule has 0 saturated heterocycles. The Morgan fingerprint density at radius 3 is 2.65 bits per heavy atom. The zero-order valence-electron chi connectivity index (χ0n) is 9.97. The summed E-state index contributed by atoms with van der Waals surface area (Å²) in [5.74, 6) is -3.56. The molecule has 0 unspecified atom stereocenters. The topological polar surface area (TPSA) is 105 Å². The van der Waals surface area contributed by atoms with E-state index in [1.807, 2.05) is 0 Å². The maximum atomic E-state index is 13.1. The van der Waals surface area contributed by atoms with Gasteiger partial charge in [-0.05, 0) is 17.7 Å². The number of carboxylic acid groups (broad SMARTS) is 1. The molecule has 2 rings (SSSR count). The molecule has 0 atom stereocenters. The Kier molecular flexibility index (Phi) is 3.35. The van der Waals surface area contributed by atoms with Gasteiger partial charge in [-0.15, -0.1) is 0 Å². The molecule has 1 aromatic heterocycles. The predicted octanol–water partition coefficient (Wildman–Crippen LogP) is 1.36. The molecule has 2 aromatic rings. The Hall–Kier alpha value is -2.95. The van der Waals surface area contributed by atoms with Crippen molar-refractivity contribution in [3.05, 3.63) is 46.7 Å². The van der Waals surface area contributed by atoms with E-state index in [4.69, 9.17) is 16.1 Å². The van der Waals surface area contributed by atoms with Crippen LogP contribution in [0.15, 0.2) is 18.2 Å². The number of hydrogen-bond acceptors (Lipinski definition) is 4. The normalized spacial score (nSPS) is 10.2. The van der Waals surface area contributed by atoms with E-state index in [2.05, 4.69) is 5.10 Å². The average Bonchev–Trinajstić information content (AvgIpc) is 2.71. The summed E-state index contributed by atoms with van der Waals surface area (Å²) in [6.45, 7) is -0.0784. The van der Waals surface area contributed by atoms with Gasteiger partial charge in [0.25, 0.3) is 0 Å². The van der Waals surface area contributed by atoms with E-state index in [1.165, 1.54) is 6.07 Å². The van der Waals surface area contributed by atoms with Crippen molar-refractivity contribution >= 4 is 11.8 Å². The van der Waals surface area contributed by atoms with Gasteiger partial charge in [-0.1, -0.05) is 6.07 Å². The zero-order valence-corrected chi connectivity index (χ0v) is 9.97. The van der Waals surface area contributed by atoms with Crippen molar-refractivity contribution in [3.8, 4) is 6.07 Å². The van der Waals surface area contributed by atoms with Crippen LogP contribution in [0.5, 0.6) is 0 Å². The molecular weight excluding hydrogens is 270 g/mol. The highest BCUT2D eigenvalue weighted by molar-refractivity contribution is 5.90. The summed E-state index contributed by atoms with van der Waals surface area (Å²) in [6.07, 6.45) is 0. The van der Waals surface area contributed by atoms with Crippen LogP contribution >= 0.6 is 0 Å². The summed E-state index contributed by atoms with van der Waals surface area (Å²) in [5, 5.41) is 21.4. The number of benzene rings is 1. The number of rotatable bonds is 3. The van der Waals surface area contributed by atoms with Crippen LogP contribution in [0, 0.1) is 23.0 Å². The van der Waals surface area contributed by atoms with Crippen LogP contribution < -0.4 is 5.73 Å². The van der Waals surface area contributed by atoms with E-state index in [0.717, 1.165) is 16.8 Å². The van der Waals surface area contributed by atoms with Gasteiger partial charge in [0, 0.05) is 0 Å². The molecule has 3 N–H and O–H groups in total. The molecule has 102 valence electrons. The van der Waals surface area contributed by atoms with Crippen molar-refractivity contribution in [1.82, 2.24) is 9.78 Å². The molecule has 0 radical (unpaired) electrons. The molecule has 1 aromatic carbocycles. The monoisotopic (exact) mass is 278 g/mol. The number of nitrogens with two attached hydrogens (primary N) is 1. The van der Waals surface area contributed by atoms with E-state index >= 15 is 0 Å². The summed E-state index contributed by atoms with van der Waals surface area (Å²) in [4.78, 5) is 10.9. The number of aromatic nitrogens is 2. The van der Waals surface area contributed by atoms with Crippen LogP contribution in [0.4, 0.5) is 14.6 Å². The smallest absolute Gasteiger partial charge is 0.357 e. The van der Waals surface area contributed by atoms with E-state index in [-0.39, 0.29) is 17.9 Å². The first kappa shape index (κ1) is 13.5. The van der Waals surface area contributed by atoms with Gasteiger partial charge in [0.15, 0.2) is 17.3 Å². The van der Waals surface area contributed by atoms with Crippen molar-refractivity contribution in [2.75, 3.05) is 5.73 Å². The molecule has 8 heteroatoms. The van der Waals surface area contributed by atoms with E-state index in [0.29, 0.717) is 5.56 Å². The van der Waals surface area contributed by atoms with Crippen LogP contribution in [-0.2, 0) is 6.54 Å². The molecule has 0 amide bonds. The number of halogens is 2. The van der Waals surface area contributed by atoms with E-state index in [1.54, 1.807) is 6.07 Å². The average molecular weight is 278 g/mol. The molecule has 0 spiro atoms. The SMILES string of the molecule is N#Cc1c(C(=O)O)nn(Cc2ccc(F)c(F)c2)c1N. The minimum Gasteiger partial charge on any atom is -0.476 e. The molecule has 0 bridgehead atoms. The van der Waals surface area contributed by atoms with Crippen LogP contribution in [0.3, 0.4) is 0 Å². The number of nitrogen functional groups attached to an aromatic ring is 1. The van der Waals surface area contributed by atoms with Crippen molar-refractivity contribution < 1.29 is 18.7 Å². The minimum absolute atomic E-state index is 0.0784. The minimum atomic E-state index is -1.39. The van der Waals surface area contributed by atoms with Crippen LogP contribution in [-0.4, -0.2) is 20.9 Å². The fourth-order valence-electron chi connectivity index (χ4n) is 1.67. The van der Waals surface area contributed by atoms with Crippen molar-refractivity contribution in [1.29, 1.82) is 5.26 Å². The molecular formula is C12H8F2N4O2. The number of anilines is 1. The first-order valence-electron chi connectivity index (χ1n) is 5.37. The van der Waals surface area contributed by atoms with E-state index in [9.17, 15) is 13.6 Å². The number of hydrogen-bond donors (Lipinski definition) is 2. The molecule has 0 fully saturated rings. The molecule has 1 heterocycles. The first-order chi connectivity index (χ1) is 9.43. The highest BCUT2D eigenvalue weighted by Gasteiger charge is 2.21. The molecule has 6 nitrogen and oxygen atoms in total. The Labute approximate surface area is 111 Å². The van der Waals surface area contributed by atoms with Gasteiger partial charge in [0.2, 0.25) is 0 Å². The fraction of sp³-hybridized carbons (Fsp3) is 0.0833. The summed E-state index contributed by atoms with van der Waals surface area (Å²) in [7, 11) is 0. The van der Waals surface area contributed by atoms with Gasteiger partial charge >= 0.3 is 5.97 Å². The third kappa shape index (κ3) is 2.29. The Morgan fingerprint density at radius 1 is 1.45 bits per heavy atom. The largest absolute Gasteiger partial charge is 0.476 e. The third-order valence-corrected chi connectivity index (χ3v) is 2.62. The van der Waals surface area contributed by atoms with Crippen LogP contribution in [0.2, 0.25) is 0 Å². The second-order valence-corrected chi connectivity index (χ2v) is 3.93. The van der Waals surface area contributed by atoms with Gasteiger partial charge in [0.1, 0.15) is 17.5 Å². The lowest BCUT2D eigenvalue weighted by Gasteiger charge is -2.04. The van der Waals surface area contributed by atoms with Crippen molar-refractivity contribution in [2.45, 2.75) is 6.54 Å². The zero-order chi connectivity index (χ0) is 14.9. The molecule has 0 aliphatic heterocycles. The number of carbonyl (C=O) groups is 1. The maximum Gasteiger partial charge on any atom is 0.357 e. The lowest BCUT2D eigenvalue weighted by atomic mass is 10.2. The Morgan fingerprint density at radius 2 is 2.15 bits per heavy atom. The number of nitrogens with zero attached hydrogens (tertiary/aromatic N) is 3.